The summed E-state index contributed by atoms with van der Waals surface area (Å²) < 4.78 is 13.9. The summed E-state index contributed by atoms with van der Waals surface area (Å²) in [4.78, 5) is 16.0. The zero-order valence-electron chi connectivity index (χ0n) is 25.3. The van der Waals surface area contributed by atoms with Gasteiger partial charge in [-0.2, -0.15) is 0 Å². The summed E-state index contributed by atoms with van der Waals surface area (Å²) in [6, 6.07) is 22.1. The molecule has 5 atom stereocenters. The average molecular weight is 561 g/mol. The number of fused-ring (bicyclic) bond motifs is 2. The van der Waals surface area contributed by atoms with Gasteiger partial charge in [-0.05, 0) is 73.2 Å². The van der Waals surface area contributed by atoms with Crippen LogP contribution < -0.4 is 15.7 Å². The molecule has 6 heteroatoms. The number of hydrogen-bond acceptors (Lipinski definition) is 4. The van der Waals surface area contributed by atoms with Gasteiger partial charge in [-0.15, -0.1) is 0 Å². The van der Waals surface area contributed by atoms with Crippen molar-refractivity contribution in [3.8, 4) is 0 Å². The standard InChI is InChI=1S/C34H48N2O3Si/c1-32(2,3)38-31(37)36-27-21-34(24-15-13-14-16-24)22-28(36)30(29(27)35-23-34)39-40(33(4,5)6,25-17-9-7-10-18-25)26-19-11-8-12-20-26/h7-12,17-20,24,27-30,35H,13-16,21-23H2,1-6H3/t27?,28?,29?,30-,34?/m0/s1. The van der Waals surface area contributed by atoms with Crippen molar-refractivity contribution < 1.29 is 14.0 Å². The van der Waals surface area contributed by atoms with Crippen molar-refractivity contribution in [1.29, 1.82) is 0 Å². The molecule has 3 heterocycles. The van der Waals surface area contributed by atoms with Crippen LogP contribution >= 0.6 is 0 Å². The highest BCUT2D eigenvalue weighted by molar-refractivity contribution is 6.99. The van der Waals surface area contributed by atoms with Gasteiger partial charge in [0, 0.05) is 6.54 Å². The predicted molar refractivity (Wildman–Crippen MR) is 164 cm³/mol. The number of carbonyl (C=O) groups excluding carboxylic acids is 1. The van der Waals surface area contributed by atoms with Crippen molar-refractivity contribution in [2.75, 3.05) is 6.54 Å². The van der Waals surface area contributed by atoms with Crippen LogP contribution in [0.2, 0.25) is 5.04 Å². The maximum absolute atomic E-state index is 13.9. The minimum absolute atomic E-state index is 0.0100. The molecule has 2 aromatic rings. The molecule has 6 rings (SSSR count). The second kappa shape index (κ2) is 9.99. The monoisotopic (exact) mass is 560 g/mol. The fourth-order valence-corrected chi connectivity index (χ4v) is 13.5. The van der Waals surface area contributed by atoms with Gasteiger partial charge in [0.05, 0.1) is 24.2 Å². The minimum Gasteiger partial charge on any atom is -0.444 e. The molecule has 5 nitrogen and oxygen atoms in total. The molecule has 1 saturated carbocycles. The molecule has 0 radical (unpaired) electrons. The molecule has 1 amide bonds. The summed E-state index contributed by atoms with van der Waals surface area (Å²) in [7, 11) is -2.80. The Morgan fingerprint density at radius 2 is 1.43 bits per heavy atom. The lowest BCUT2D eigenvalue weighted by Crippen LogP contribution is -2.69. The van der Waals surface area contributed by atoms with E-state index in [-0.39, 0.29) is 40.8 Å². The molecule has 3 aliphatic heterocycles. The number of nitrogens with one attached hydrogen (secondary N) is 1. The Balaban J connectivity index is 1.46. The van der Waals surface area contributed by atoms with Crippen LogP contribution in [-0.4, -0.2) is 55.7 Å². The summed E-state index contributed by atoms with van der Waals surface area (Å²) in [5, 5.41) is 6.47. The van der Waals surface area contributed by atoms with Gasteiger partial charge < -0.3 is 14.5 Å². The SMILES string of the molecule is CC(C)(C)OC(=O)N1C2CC3(C4CCCC4)CNC2[C@@H](O[Si](c2ccccc2)(c2ccccc2)C(C)(C)C)C1C3. The number of benzene rings is 2. The first-order chi connectivity index (χ1) is 19.0. The molecule has 1 aliphatic carbocycles. The Hall–Kier alpha value is -2.15. The van der Waals surface area contributed by atoms with Crippen molar-refractivity contribution >= 4 is 24.8 Å². The van der Waals surface area contributed by atoms with E-state index in [0.717, 1.165) is 25.3 Å². The summed E-state index contributed by atoms with van der Waals surface area (Å²) in [5.74, 6) is 0.735. The maximum atomic E-state index is 13.9. The highest BCUT2D eigenvalue weighted by Gasteiger charge is 2.66. The predicted octanol–water partition coefficient (Wildman–Crippen LogP) is 5.86. The van der Waals surface area contributed by atoms with Gasteiger partial charge in [-0.25, -0.2) is 4.79 Å². The quantitative estimate of drug-likeness (QED) is 0.466. The van der Waals surface area contributed by atoms with Gasteiger partial charge in [-0.1, -0.05) is 94.3 Å². The van der Waals surface area contributed by atoms with Crippen LogP contribution in [0.1, 0.15) is 80.1 Å². The molecule has 3 bridgehead atoms. The molecule has 0 aromatic heterocycles. The molecule has 4 fully saturated rings. The van der Waals surface area contributed by atoms with E-state index < -0.39 is 13.9 Å². The fraction of sp³-hybridized carbons (Fsp3) is 0.618. The van der Waals surface area contributed by atoms with E-state index in [1.54, 1.807) is 0 Å². The van der Waals surface area contributed by atoms with Crippen LogP contribution in [0.3, 0.4) is 0 Å². The van der Waals surface area contributed by atoms with Gasteiger partial charge in [-0.3, -0.25) is 4.90 Å². The first-order valence-electron chi connectivity index (χ1n) is 15.5. The van der Waals surface area contributed by atoms with Crippen molar-refractivity contribution in [2.45, 2.75) is 115 Å². The number of carbonyl (C=O) groups is 1. The molecular formula is C34H48N2O3Si. The second-order valence-electron chi connectivity index (χ2n) is 14.9. The second-order valence-corrected chi connectivity index (χ2v) is 19.2. The van der Waals surface area contributed by atoms with Crippen LogP contribution in [0.15, 0.2) is 60.7 Å². The maximum Gasteiger partial charge on any atom is 0.410 e. The number of nitrogens with zero attached hydrogens (tertiary/aromatic N) is 1. The Morgan fingerprint density at radius 1 is 0.875 bits per heavy atom. The number of ether oxygens (including phenoxy) is 1. The number of hydrogen-bond donors (Lipinski definition) is 1. The van der Waals surface area contributed by atoms with E-state index in [2.05, 4.69) is 91.7 Å². The number of amides is 1. The van der Waals surface area contributed by atoms with Crippen LogP contribution in [0, 0.1) is 11.3 Å². The van der Waals surface area contributed by atoms with Crippen LogP contribution in [0.4, 0.5) is 4.79 Å². The van der Waals surface area contributed by atoms with Gasteiger partial charge in [0.25, 0.3) is 8.32 Å². The van der Waals surface area contributed by atoms with E-state index in [9.17, 15) is 4.79 Å². The fourth-order valence-electron chi connectivity index (χ4n) is 8.76. The Morgan fingerprint density at radius 3 is 1.95 bits per heavy atom. The number of piperidine rings is 2. The number of rotatable bonds is 5. The summed E-state index contributed by atoms with van der Waals surface area (Å²) in [6.45, 7) is 14.0. The van der Waals surface area contributed by atoms with Crippen molar-refractivity contribution in [3.05, 3.63) is 60.7 Å². The summed E-state index contributed by atoms with van der Waals surface area (Å²) in [5.41, 5.74) is -0.289. The first-order valence-corrected chi connectivity index (χ1v) is 17.4. The molecular weight excluding hydrogens is 512 g/mol. The molecule has 4 unspecified atom stereocenters. The molecule has 0 spiro atoms. The topological polar surface area (TPSA) is 50.8 Å². The van der Waals surface area contributed by atoms with Crippen molar-refractivity contribution in [2.24, 2.45) is 11.3 Å². The van der Waals surface area contributed by atoms with Crippen LogP contribution in [-0.2, 0) is 9.16 Å². The van der Waals surface area contributed by atoms with Crippen LogP contribution in [0.25, 0.3) is 0 Å². The first kappa shape index (κ1) is 28.0. The molecule has 40 heavy (non-hydrogen) atoms. The van der Waals surface area contributed by atoms with Crippen molar-refractivity contribution in [1.82, 2.24) is 10.2 Å². The molecule has 3 saturated heterocycles. The third kappa shape index (κ3) is 4.55. The van der Waals surface area contributed by atoms with Crippen LogP contribution in [0.5, 0.6) is 0 Å². The van der Waals surface area contributed by atoms with E-state index in [0.29, 0.717) is 0 Å². The smallest absolute Gasteiger partial charge is 0.410 e. The largest absolute Gasteiger partial charge is 0.444 e. The Labute approximate surface area is 242 Å². The normalized spacial score (nSPS) is 30.6. The van der Waals surface area contributed by atoms with E-state index >= 15 is 0 Å². The summed E-state index contributed by atoms with van der Waals surface area (Å²) in [6.07, 6.45) is 7.10. The zero-order chi connectivity index (χ0) is 28.3. The zero-order valence-corrected chi connectivity index (χ0v) is 26.3. The summed E-state index contributed by atoms with van der Waals surface area (Å²) >= 11 is 0. The lowest BCUT2D eigenvalue weighted by molar-refractivity contribution is -0.0423. The van der Waals surface area contributed by atoms with Gasteiger partial charge in [0.15, 0.2) is 0 Å². The third-order valence-electron chi connectivity index (χ3n) is 10.3. The molecule has 2 aromatic carbocycles. The van der Waals surface area contributed by atoms with E-state index in [1.807, 2.05) is 20.8 Å². The molecule has 4 aliphatic rings. The van der Waals surface area contributed by atoms with E-state index in [4.69, 9.17) is 9.16 Å². The van der Waals surface area contributed by atoms with E-state index in [1.165, 1.54) is 36.1 Å². The minimum atomic E-state index is -2.80. The average Bonchev–Trinajstić information content (AvgIpc) is 3.48. The lowest BCUT2D eigenvalue weighted by Gasteiger charge is -2.52. The highest BCUT2D eigenvalue weighted by atomic mass is 28.4. The highest BCUT2D eigenvalue weighted by Crippen LogP contribution is 2.57. The van der Waals surface area contributed by atoms with Crippen molar-refractivity contribution in [3.63, 3.8) is 0 Å². The van der Waals surface area contributed by atoms with Gasteiger partial charge in [0.2, 0.25) is 0 Å². The Bertz CT molecular complexity index is 1160. The third-order valence-corrected chi connectivity index (χ3v) is 15.4. The lowest BCUT2D eigenvalue weighted by atomic mass is 9.64. The Kier molecular flexibility index (Phi) is 6.99. The van der Waals surface area contributed by atoms with Gasteiger partial charge in [0.1, 0.15) is 5.60 Å². The van der Waals surface area contributed by atoms with Gasteiger partial charge >= 0.3 is 6.09 Å². The molecule has 1 N–H and O–H groups in total. The molecule has 216 valence electrons.